The van der Waals surface area contributed by atoms with E-state index in [0.29, 0.717) is 18.0 Å². The molecule has 0 N–H and O–H groups in total. The molecule has 0 spiro atoms. The van der Waals surface area contributed by atoms with Crippen molar-refractivity contribution < 1.29 is 13.2 Å². The van der Waals surface area contributed by atoms with Gasteiger partial charge in [-0.25, -0.2) is 8.42 Å². The Bertz CT molecular complexity index is 821. The number of hydrogen-bond acceptors (Lipinski definition) is 5. The molecule has 0 fully saturated rings. The Balaban J connectivity index is 2.27. The summed E-state index contributed by atoms with van der Waals surface area (Å²) in [5, 5.41) is 8.64. The van der Waals surface area contributed by atoms with Crippen LogP contribution in [-0.2, 0) is 9.84 Å². The van der Waals surface area contributed by atoms with Gasteiger partial charge in [-0.2, -0.15) is 5.26 Å². The summed E-state index contributed by atoms with van der Waals surface area (Å²) in [6, 6.07) is 13.1. The summed E-state index contributed by atoms with van der Waals surface area (Å²) >= 11 is 0.958. The second-order valence-corrected chi connectivity index (χ2v) is 7.99. The first kappa shape index (κ1) is 17.2. The Labute approximate surface area is 139 Å². The van der Waals surface area contributed by atoms with Gasteiger partial charge in [0, 0.05) is 13.1 Å². The van der Waals surface area contributed by atoms with Crippen LogP contribution in [0.3, 0.4) is 0 Å². The number of benzene rings is 1. The van der Waals surface area contributed by atoms with Crippen molar-refractivity contribution in [2.24, 2.45) is 0 Å². The lowest BCUT2D eigenvalue weighted by molar-refractivity contribution is 0.0772. The quantitative estimate of drug-likeness (QED) is 0.804. The van der Waals surface area contributed by atoms with E-state index in [0.717, 1.165) is 11.3 Å². The first-order valence-corrected chi connectivity index (χ1v) is 9.37. The lowest BCUT2D eigenvalue weighted by Gasteiger charge is -2.18. The Kier molecular flexibility index (Phi) is 5.53. The number of amides is 1. The van der Waals surface area contributed by atoms with Crippen LogP contribution in [0.5, 0.6) is 0 Å². The summed E-state index contributed by atoms with van der Waals surface area (Å²) in [7, 11) is -3.61. The summed E-state index contributed by atoms with van der Waals surface area (Å²) in [6.45, 7) is 2.63. The number of rotatable bonds is 6. The first-order valence-electron chi connectivity index (χ1n) is 7.07. The molecular formula is C16H16N2O3S2. The predicted octanol–water partition coefficient (Wildman–Crippen LogP) is 2.96. The number of thiophene rings is 1. The fraction of sp³-hybridized carbons (Fsp3) is 0.250. The third-order valence-corrected chi connectivity index (χ3v) is 6.61. The highest BCUT2D eigenvalue weighted by Crippen LogP contribution is 2.28. The smallest absolute Gasteiger partial charge is 0.263 e. The number of carbonyl (C=O) groups is 1. The van der Waals surface area contributed by atoms with Crippen molar-refractivity contribution in [3.63, 3.8) is 0 Å². The highest BCUT2D eigenvalue weighted by atomic mass is 32.2. The normalized spacial score (nSPS) is 11.0. The van der Waals surface area contributed by atoms with Crippen LogP contribution in [0.4, 0.5) is 0 Å². The van der Waals surface area contributed by atoms with E-state index >= 15 is 0 Å². The molecule has 1 aromatic heterocycles. The number of carbonyl (C=O) groups excluding carboxylic acids is 1. The molecule has 0 bridgehead atoms. The van der Waals surface area contributed by atoms with Gasteiger partial charge in [0.2, 0.25) is 9.84 Å². The van der Waals surface area contributed by atoms with Gasteiger partial charge < -0.3 is 4.90 Å². The summed E-state index contributed by atoms with van der Waals surface area (Å²) in [4.78, 5) is 14.5. The van der Waals surface area contributed by atoms with Crippen molar-refractivity contribution in [1.82, 2.24) is 4.90 Å². The summed E-state index contributed by atoms with van der Waals surface area (Å²) in [6.07, 6.45) is 0.250. The molecule has 0 unspecified atom stereocenters. The Morgan fingerprint density at radius 2 is 1.91 bits per heavy atom. The average molecular weight is 348 g/mol. The largest absolute Gasteiger partial charge is 0.337 e. The van der Waals surface area contributed by atoms with Crippen LogP contribution in [0.2, 0.25) is 0 Å². The SMILES string of the molecule is CCN(CCC#N)C(=O)c1ccc(S(=O)(=O)c2ccccc2)s1. The maximum absolute atomic E-state index is 12.5. The molecule has 5 nitrogen and oxygen atoms in total. The van der Waals surface area contributed by atoms with Gasteiger partial charge in [0.1, 0.15) is 4.21 Å². The summed E-state index contributed by atoms with van der Waals surface area (Å²) in [5.74, 6) is -0.248. The molecule has 0 saturated heterocycles. The Morgan fingerprint density at radius 1 is 1.22 bits per heavy atom. The summed E-state index contributed by atoms with van der Waals surface area (Å²) < 4.78 is 25.2. The van der Waals surface area contributed by atoms with E-state index in [1.165, 1.54) is 29.2 Å². The molecule has 2 aromatic rings. The highest BCUT2D eigenvalue weighted by molar-refractivity contribution is 7.93. The van der Waals surface area contributed by atoms with Gasteiger partial charge >= 0.3 is 0 Å². The maximum atomic E-state index is 12.5. The zero-order chi connectivity index (χ0) is 16.9. The molecule has 2 rings (SSSR count). The molecule has 1 heterocycles. The maximum Gasteiger partial charge on any atom is 0.263 e. The minimum atomic E-state index is -3.61. The van der Waals surface area contributed by atoms with Gasteiger partial charge in [-0.1, -0.05) is 18.2 Å². The molecule has 0 aliphatic carbocycles. The lowest BCUT2D eigenvalue weighted by Crippen LogP contribution is -2.31. The molecular weight excluding hydrogens is 332 g/mol. The van der Waals surface area contributed by atoms with Crippen molar-refractivity contribution in [2.75, 3.05) is 13.1 Å². The van der Waals surface area contributed by atoms with Gasteiger partial charge in [-0.3, -0.25) is 4.79 Å². The molecule has 0 aliphatic heterocycles. The average Bonchev–Trinajstić information content (AvgIpc) is 3.07. The topological polar surface area (TPSA) is 78.2 Å². The zero-order valence-electron chi connectivity index (χ0n) is 12.6. The minimum absolute atomic E-state index is 0.142. The zero-order valence-corrected chi connectivity index (χ0v) is 14.2. The van der Waals surface area contributed by atoms with Crippen LogP contribution in [0.15, 0.2) is 51.6 Å². The van der Waals surface area contributed by atoms with Crippen molar-refractivity contribution in [1.29, 1.82) is 5.26 Å². The molecule has 1 aromatic carbocycles. The molecule has 23 heavy (non-hydrogen) atoms. The van der Waals surface area contributed by atoms with Gasteiger partial charge in [0.05, 0.1) is 22.3 Å². The van der Waals surface area contributed by atoms with Crippen LogP contribution in [0.25, 0.3) is 0 Å². The second-order valence-electron chi connectivity index (χ2n) is 4.73. The molecule has 0 saturated carbocycles. The fourth-order valence-corrected chi connectivity index (χ4v) is 4.74. The number of hydrogen-bond donors (Lipinski definition) is 0. The Hall–Kier alpha value is -2.17. The van der Waals surface area contributed by atoms with Gasteiger partial charge in [-0.05, 0) is 31.2 Å². The van der Waals surface area contributed by atoms with Crippen LogP contribution in [0, 0.1) is 11.3 Å². The molecule has 1 amide bonds. The minimum Gasteiger partial charge on any atom is -0.337 e. The third kappa shape index (κ3) is 3.78. The van der Waals surface area contributed by atoms with Crippen LogP contribution in [0.1, 0.15) is 23.0 Å². The predicted molar refractivity (Wildman–Crippen MR) is 88.0 cm³/mol. The molecule has 120 valence electrons. The van der Waals surface area contributed by atoms with Crippen molar-refractivity contribution >= 4 is 27.1 Å². The first-order chi connectivity index (χ1) is 11.0. The van der Waals surface area contributed by atoms with Crippen LogP contribution < -0.4 is 0 Å². The van der Waals surface area contributed by atoms with Gasteiger partial charge in [0.25, 0.3) is 5.91 Å². The van der Waals surface area contributed by atoms with Crippen molar-refractivity contribution in [3.8, 4) is 6.07 Å². The third-order valence-electron chi connectivity index (χ3n) is 3.27. The van der Waals surface area contributed by atoms with E-state index in [1.807, 2.05) is 13.0 Å². The van der Waals surface area contributed by atoms with Crippen molar-refractivity contribution in [3.05, 3.63) is 47.3 Å². The standard InChI is InChI=1S/C16H16N2O3S2/c1-2-18(12-6-11-17)16(19)14-9-10-15(22-14)23(20,21)13-7-4-3-5-8-13/h3-5,7-10H,2,6,12H2,1H3. The second kappa shape index (κ2) is 7.40. The molecule has 7 heteroatoms. The summed E-state index contributed by atoms with van der Waals surface area (Å²) in [5.41, 5.74) is 0. The lowest BCUT2D eigenvalue weighted by atomic mass is 10.3. The monoisotopic (exact) mass is 348 g/mol. The van der Waals surface area contributed by atoms with Gasteiger partial charge in [-0.15, -0.1) is 11.3 Å². The Morgan fingerprint density at radius 3 is 2.52 bits per heavy atom. The fourth-order valence-electron chi connectivity index (χ4n) is 2.04. The van der Waals surface area contributed by atoms with Crippen LogP contribution in [-0.4, -0.2) is 32.3 Å². The van der Waals surface area contributed by atoms with E-state index in [9.17, 15) is 13.2 Å². The molecule has 0 aliphatic rings. The van der Waals surface area contributed by atoms with E-state index in [2.05, 4.69) is 0 Å². The number of sulfone groups is 1. The van der Waals surface area contributed by atoms with E-state index in [4.69, 9.17) is 5.26 Å². The molecule has 0 radical (unpaired) electrons. The van der Waals surface area contributed by atoms with Crippen LogP contribution >= 0.6 is 11.3 Å². The van der Waals surface area contributed by atoms with E-state index in [1.54, 1.807) is 18.2 Å². The van der Waals surface area contributed by atoms with Gasteiger partial charge in [0.15, 0.2) is 0 Å². The van der Waals surface area contributed by atoms with Crippen molar-refractivity contribution in [2.45, 2.75) is 22.4 Å². The number of nitriles is 1. The van der Waals surface area contributed by atoms with E-state index in [-0.39, 0.29) is 21.4 Å². The highest BCUT2D eigenvalue weighted by Gasteiger charge is 2.23. The van der Waals surface area contributed by atoms with E-state index < -0.39 is 9.84 Å². The molecule has 0 atom stereocenters. The number of nitrogens with zero attached hydrogens (tertiary/aromatic N) is 2.